The second-order valence-electron chi connectivity index (χ2n) is 6.76. The number of methoxy groups -OCH3 is 2. The standard InChI is InChI=1S/C21H36N4O3/c1-6-22-21(24-15-17-10-9-11-25(17)7-2)23-14-16-12-18(26-4)20(28-8-3)19(13-16)27-5/h12-13,17H,6-11,14-15H2,1-5H3,(H2,22,23,24). The number of hydrogen-bond donors (Lipinski definition) is 2. The molecule has 0 saturated carbocycles. The Bertz CT molecular complexity index is 611. The number of likely N-dealkylation sites (tertiary alicyclic amines) is 1. The van der Waals surface area contributed by atoms with Crippen molar-refractivity contribution in [1.29, 1.82) is 0 Å². The van der Waals surface area contributed by atoms with Gasteiger partial charge in [0.25, 0.3) is 0 Å². The molecule has 1 aliphatic heterocycles. The summed E-state index contributed by atoms with van der Waals surface area (Å²) in [7, 11) is 3.27. The van der Waals surface area contributed by atoms with Crippen LogP contribution in [0.5, 0.6) is 17.2 Å². The van der Waals surface area contributed by atoms with Crippen molar-refractivity contribution in [1.82, 2.24) is 15.5 Å². The monoisotopic (exact) mass is 392 g/mol. The Labute approximate surface area is 169 Å². The predicted molar refractivity (Wildman–Crippen MR) is 114 cm³/mol. The minimum Gasteiger partial charge on any atom is -0.493 e. The molecular weight excluding hydrogens is 356 g/mol. The molecule has 0 aromatic heterocycles. The Kier molecular flexibility index (Phi) is 9.20. The van der Waals surface area contributed by atoms with E-state index >= 15 is 0 Å². The van der Waals surface area contributed by atoms with Crippen LogP contribution in [0.3, 0.4) is 0 Å². The number of ether oxygens (including phenoxy) is 3. The molecule has 7 nitrogen and oxygen atoms in total. The number of benzene rings is 1. The third-order valence-corrected chi connectivity index (χ3v) is 4.98. The van der Waals surface area contributed by atoms with E-state index in [2.05, 4.69) is 29.4 Å². The molecule has 1 unspecified atom stereocenters. The van der Waals surface area contributed by atoms with Gasteiger partial charge in [0, 0.05) is 19.1 Å². The molecule has 0 radical (unpaired) electrons. The van der Waals surface area contributed by atoms with Crippen LogP contribution in [0.15, 0.2) is 17.1 Å². The zero-order chi connectivity index (χ0) is 20.4. The smallest absolute Gasteiger partial charge is 0.203 e. The average Bonchev–Trinajstić information content (AvgIpc) is 3.18. The van der Waals surface area contributed by atoms with E-state index in [1.807, 2.05) is 19.1 Å². The summed E-state index contributed by atoms with van der Waals surface area (Å²) in [4.78, 5) is 7.27. The van der Waals surface area contributed by atoms with Crippen molar-refractivity contribution in [2.45, 2.75) is 46.2 Å². The Morgan fingerprint density at radius 2 is 1.86 bits per heavy atom. The lowest BCUT2D eigenvalue weighted by Gasteiger charge is -2.24. The summed E-state index contributed by atoms with van der Waals surface area (Å²) in [5, 5.41) is 6.83. The van der Waals surface area contributed by atoms with E-state index in [1.54, 1.807) is 14.2 Å². The molecule has 1 saturated heterocycles. The van der Waals surface area contributed by atoms with Gasteiger partial charge in [0.1, 0.15) is 0 Å². The molecule has 1 aromatic rings. The molecule has 2 N–H and O–H groups in total. The van der Waals surface area contributed by atoms with Crippen LogP contribution in [0.2, 0.25) is 0 Å². The summed E-state index contributed by atoms with van der Waals surface area (Å²) in [6.07, 6.45) is 2.52. The molecule has 1 fully saturated rings. The molecule has 28 heavy (non-hydrogen) atoms. The maximum atomic E-state index is 5.67. The van der Waals surface area contributed by atoms with Crippen molar-refractivity contribution in [3.05, 3.63) is 17.7 Å². The third kappa shape index (κ3) is 5.92. The Balaban J connectivity index is 2.08. The first-order valence-electron chi connectivity index (χ1n) is 10.3. The zero-order valence-corrected chi connectivity index (χ0v) is 18.0. The molecular formula is C21H36N4O3. The molecule has 1 heterocycles. The van der Waals surface area contributed by atoms with Crippen LogP contribution in [0.25, 0.3) is 0 Å². The number of nitrogens with zero attached hydrogens (tertiary/aromatic N) is 2. The Morgan fingerprint density at radius 3 is 2.43 bits per heavy atom. The van der Waals surface area contributed by atoms with Gasteiger partial charge >= 0.3 is 0 Å². The maximum Gasteiger partial charge on any atom is 0.203 e. The number of aliphatic imine (C=N–C) groups is 1. The SMILES string of the molecule is CCNC(=NCc1cc(OC)c(OCC)c(OC)c1)NCC1CCCN1CC. The molecule has 0 aliphatic carbocycles. The lowest BCUT2D eigenvalue weighted by molar-refractivity contribution is 0.267. The van der Waals surface area contributed by atoms with Gasteiger partial charge in [0.2, 0.25) is 5.75 Å². The van der Waals surface area contributed by atoms with Gasteiger partial charge < -0.3 is 24.8 Å². The molecule has 1 aliphatic rings. The number of rotatable bonds is 10. The third-order valence-electron chi connectivity index (χ3n) is 4.98. The fraction of sp³-hybridized carbons (Fsp3) is 0.667. The van der Waals surface area contributed by atoms with Crippen LogP contribution in [-0.2, 0) is 6.54 Å². The van der Waals surface area contributed by atoms with Gasteiger partial charge in [0.15, 0.2) is 17.5 Å². The van der Waals surface area contributed by atoms with Crippen LogP contribution >= 0.6 is 0 Å². The first kappa shape index (κ1) is 22.1. The normalized spacial score (nSPS) is 17.5. The zero-order valence-electron chi connectivity index (χ0n) is 18.0. The van der Waals surface area contributed by atoms with Gasteiger partial charge in [-0.25, -0.2) is 4.99 Å². The Hall–Kier alpha value is -2.15. The summed E-state index contributed by atoms with van der Waals surface area (Å²) < 4.78 is 16.6. The number of nitrogens with one attached hydrogen (secondary N) is 2. The molecule has 1 atom stereocenters. The highest BCUT2D eigenvalue weighted by Gasteiger charge is 2.22. The van der Waals surface area contributed by atoms with Crippen LogP contribution in [0.1, 0.15) is 39.2 Å². The van der Waals surface area contributed by atoms with Crippen LogP contribution in [0, 0.1) is 0 Å². The Morgan fingerprint density at radius 1 is 1.14 bits per heavy atom. The minimum absolute atomic E-state index is 0.524. The highest BCUT2D eigenvalue weighted by molar-refractivity contribution is 5.79. The van der Waals surface area contributed by atoms with Crippen LogP contribution in [-0.4, -0.2) is 63.9 Å². The number of guanidine groups is 1. The van der Waals surface area contributed by atoms with E-state index in [0.29, 0.717) is 36.4 Å². The van der Waals surface area contributed by atoms with Crippen molar-refractivity contribution < 1.29 is 14.2 Å². The second kappa shape index (κ2) is 11.6. The van der Waals surface area contributed by atoms with Gasteiger partial charge in [-0.1, -0.05) is 6.92 Å². The van der Waals surface area contributed by atoms with Gasteiger partial charge in [-0.05, 0) is 57.5 Å². The topological polar surface area (TPSA) is 67.4 Å². The fourth-order valence-electron chi connectivity index (χ4n) is 3.58. The highest BCUT2D eigenvalue weighted by Crippen LogP contribution is 2.38. The fourth-order valence-corrected chi connectivity index (χ4v) is 3.58. The van der Waals surface area contributed by atoms with E-state index in [9.17, 15) is 0 Å². The van der Waals surface area contributed by atoms with E-state index in [1.165, 1.54) is 19.4 Å². The van der Waals surface area contributed by atoms with Gasteiger partial charge in [-0.3, -0.25) is 4.90 Å². The summed E-state index contributed by atoms with van der Waals surface area (Å²) in [6, 6.07) is 4.49. The first-order chi connectivity index (χ1) is 13.7. The van der Waals surface area contributed by atoms with E-state index in [0.717, 1.165) is 31.2 Å². The minimum atomic E-state index is 0.524. The van der Waals surface area contributed by atoms with E-state index in [-0.39, 0.29) is 0 Å². The molecule has 1 aromatic carbocycles. The van der Waals surface area contributed by atoms with E-state index < -0.39 is 0 Å². The number of hydrogen-bond acceptors (Lipinski definition) is 5. The van der Waals surface area contributed by atoms with Crippen molar-refractivity contribution >= 4 is 5.96 Å². The van der Waals surface area contributed by atoms with Crippen molar-refractivity contribution in [2.75, 3.05) is 47.0 Å². The van der Waals surface area contributed by atoms with Crippen LogP contribution < -0.4 is 24.8 Å². The summed E-state index contributed by atoms with van der Waals surface area (Å²) in [5.74, 6) is 2.78. The highest BCUT2D eigenvalue weighted by atomic mass is 16.5. The predicted octanol–water partition coefficient (Wildman–Crippen LogP) is 2.64. The first-order valence-corrected chi connectivity index (χ1v) is 10.3. The van der Waals surface area contributed by atoms with Gasteiger partial charge in [-0.15, -0.1) is 0 Å². The summed E-state index contributed by atoms with van der Waals surface area (Å²) in [6.45, 7) is 11.4. The lowest BCUT2D eigenvalue weighted by atomic mass is 10.2. The summed E-state index contributed by atoms with van der Waals surface area (Å²) in [5.41, 5.74) is 1.01. The molecule has 7 heteroatoms. The quantitative estimate of drug-likeness (QED) is 0.471. The molecule has 0 amide bonds. The second-order valence-corrected chi connectivity index (χ2v) is 6.76. The van der Waals surface area contributed by atoms with E-state index in [4.69, 9.17) is 19.2 Å². The maximum absolute atomic E-state index is 5.67. The molecule has 0 spiro atoms. The largest absolute Gasteiger partial charge is 0.493 e. The summed E-state index contributed by atoms with van der Waals surface area (Å²) >= 11 is 0. The van der Waals surface area contributed by atoms with Gasteiger partial charge in [0.05, 0.1) is 27.4 Å². The van der Waals surface area contributed by atoms with Crippen molar-refractivity contribution in [2.24, 2.45) is 4.99 Å². The average molecular weight is 393 g/mol. The number of likely N-dealkylation sites (N-methyl/N-ethyl adjacent to an activating group) is 1. The molecule has 0 bridgehead atoms. The van der Waals surface area contributed by atoms with Crippen LogP contribution in [0.4, 0.5) is 0 Å². The van der Waals surface area contributed by atoms with Crippen molar-refractivity contribution in [3.8, 4) is 17.2 Å². The molecule has 158 valence electrons. The lowest BCUT2D eigenvalue weighted by Crippen LogP contribution is -2.44. The molecule has 2 rings (SSSR count). The van der Waals surface area contributed by atoms with Gasteiger partial charge in [-0.2, -0.15) is 0 Å². The van der Waals surface area contributed by atoms with Crippen molar-refractivity contribution in [3.63, 3.8) is 0 Å².